The van der Waals surface area contributed by atoms with Crippen LogP contribution >= 0.6 is 34.8 Å². The molecule has 1 atom stereocenters. The molecule has 1 unspecified atom stereocenters. The average Bonchev–Trinajstić information content (AvgIpc) is 2.64. The van der Waals surface area contributed by atoms with Crippen molar-refractivity contribution >= 4 is 40.7 Å². The first-order valence-electron chi connectivity index (χ1n) is 8.33. The molecular formula is C20H19Cl3N2O2. The fourth-order valence-corrected chi connectivity index (χ4v) is 3.02. The van der Waals surface area contributed by atoms with Gasteiger partial charge >= 0.3 is 0 Å². The van der Waals surface area contributed by atoms with Crippen molar-refractivity contribution in [1.29, 1.82) is 5.26 Å². The van der Waals surface area contributed by atoms with Gasteiger partial charge in [0.05, 0.1) is 22.7 Å². The summed E-state index contributed by atoms with van der Waals surface area (Å²) in [5.41, 5.74) is 2.52. The molecule has 0 aliphatic heterocycles. The quantitative estimate of drug-likeness (QED) is 0.638. The summed E-state index contributed by atoms with van der Waals surface area (Å²) in [5.74, 6) is -0.532. The Bertz CT molecular complexity index is 855. The first-order chi connectivity index (χ1) is 12.8. The third kappa shape index (κ3) is 5.77. The molecule has 0 aromatic heterocycles. The fourth-order valence-electron chi connectivity index (χ4n) is 2.53. The fraction of sp³-hybridized carbons (Fsp3) is 0.300. The molecule has 7 heteroatoms. The maximum atomic E-state index is 12.3. The number of carbonyl (C=O) groups is 1. The van der Waals surface area contributed by atoms with E-state index in [4.69, 9.17) is 39.5 Å². The Morgan fingerprint density at radius 3 is 2.48 bits per heavy atom. The largest absolute Gasteiger partial charge is 0.494 e. The Kier molecular flexibility index (Phi) is 7.79. The van der Waals surface area contributed by atoms with Crippen molar-refractivity contribution < 1.29 is 9.53 Å². The molecule has 27 heavy (non-hydrogen) atoms. The summed E-state index contributed by atoms with van der Waals surface area (Å²) in [6, 6.07) is 10.9. The highest BCUT2D eigenvalue weighted by atomic mass is 35.5. The molecule has 0 heterocycles. The van der Waals surface area contributed by atoms with Gasteiger partial charge in [-0.05, 0) is 48.7 Å². The van der Waals surface area contributed by atoms with E-state index < -0.39 is 5.92 Å². The SMILES string of the molecule is Cc1cc(OCCC(C#N)C(=O)NCc2cccc(Cl)c2Cl)cc(C)c1Cl. The third-order valence-electron chi connectivity index (χ3n) is 4.04. The molecular weight excluding hydrogens is 407 g/mol. The van der Waals surface area contributed by atoms with Crippen LogP contribution in [-0.2, 0) is 11.3 Å². The number of nitriles is 1. The number of nitrogens with one attached hydrogen (secondary N) is 1. The normalized spacial score (nSPS) is 11.6. The van der Waals surface area contributed by atoms with Crippen molar-refractivity contribution in [1.82, 2.24) is 5.32 Å². The summed E-state index contributed by atoms with van der Waals surface area (Å²) in [6.45, 7) is 4.24. The van der Waals surface area contributed by atoms with Gasteiger partial charge < -0.3 is 10.1 Å². The summed E-state index contributed by atoms with van der Waals surface area (Å²) in [7, 11) is 0. The standard InChI is InChI=1S/C20H19Cl3N2O2/c1-12-8-16(9-13(2)18(12)22)27-7-6-14(10-24)20(26)25-11-15-4-3-5-17(21)19(15)23/h3-5,8-9,14H,6-7,11H2,1-2H3,(H,25,26). The smallest absolute Gasteiger partial charge is 0.237 e. The van der Waals surface area contributed by atoms with Gasteiger partial charge in [-0.3, -0.25) is 4.79 Å². The number of aryl methyl sites for hydroxylation is 2. The lowest BCUT2D eigenvalue weighted by molar-refractivity contribution is -0.123. The van der Waals surface area contributed by atoms with Crippen molar-refractivity contribution in [3.63, 3.8) is 0 Å². The van der Waals surface area contributed by atoms with Crippen LogP contribution in [0, 0.1) is 31.1 Å². The van der Waals surface area contributed by atoms with Gasteiger partial charge in [0.2, 0.25) is 5.91 Å². The Hall–Kier alpha value is -1.93. The maximum Gasteiger partial charge on any atom is 0.237 e. The number of carbonyl (C=O) groups excluding carboxylic acids is 1. The van der Waals surface area contributed by atoms with Gasteiger partial charge in [0, 0.05) is 18.0 Å². The Balaban J connectivity index is 1.88. The lowest BCUT2D eigenvalue weighted by Gasteiger charge is -2.13. The Morgan fingerprint density at radius 2 is 1.85 bits per heavy atom. The van der Waals surface area contributed by atoms with Crippen molar-refractivity contribution in [3.05, 3.63) is 62.1 Å². The van der Waals surface area contributed by atoms with E-state index in [2.05, 4.69) is 5.32 Å². The molecule has 0 fully saturated rings. The topological polar surface area (TPSA) is 62.1 Å². The van der Waals surface area contributed by atoms with Gasteiger partial charge in [-0.15, -0.1) is 0 Å². The molecule has 2 rings (SSSR count). The minimum atomic E-state index is -0.822. The number of halogens is 3. The van der Waals surface area contributed by atoms with Crippen LogP contribution in [0.15, 0.2) is 30.3 Å². The average molecular weight is 426 g/mol. The molecule has 0 saturated heterocycles. The monoisotopic (exact) mass is 424 g/mol. The zero-order valence-corrected chi connectivity index (χ0v) is 17.3. The van der Waals surface area contributed by atoms with Crippen LogP contribution in [0.5, 0.6) is 5.75 Å². The molecule has 0 bridgehead atoms. The number of nitrogens with zero attached hydrogens (tertiary/aromatic N) is 1. The van der Waals surface area contributed by atoms with Gasteiger partial charge in [0.15, 0.2) is 0 Å². The Morgan fingerprint density at radius 1 is 1.19 bits per heavy atom. The van der Waals surface area contributed by atoms with Gasteiger partial charge in [0.25, 0.3) is 0 Å². The second-order valence-electron chi connectivity index (χ2n) is 6.12. The molecule has 4 nitrogen and oxygen atoms in total. The molecule has 0 aliphatic carbocycles. The summed E-state index contributed by atoms with van der Waals surface area (Å²) in [6.07, 6.45) is 0.270. The summed E-state index contributed by atoms with van der Waals surface area (Å²) in [4.78, 5) is 12.3. The van der Waals surface area contributed by atoms with E-state index in [1.165, 1.54) is 0 Å². The zero-order chi connectivity index (χ0) is 20.0. The zero-order valence-electron chi connectivity index (χ0n) is 15.0. The van der Waals surface area contributed by atoms with E-state index in [9.17, 15) is 10.1 Å². The number of amides is 1. The van der Waals surface area contributed by atoms with Gasteiger partial charge in [-0.1, -0.05) is 46.9 Å². The molecule has 0 aliphatic rings. The number of hydrogen-bond donors (Lipinski definition) is 1. The number of rotatable bonds is 7. The van der Waals surface area contributed by atoms with E-state index >= 15 is 0 Å². The first-order valence-corrected chi connectivity index (χ1v) is 9.46. The highest BCUT2D eigenvalue weighted by Crippen LogP contribution is 2.26. The third-order valence-corrected chi connectivity index (χ3v) is 5.50. The van der Waals surface area contributed by atoms with Crippen molar-refractivity contribution in [2.75, 3.05) is 6.61 Å². The second kappa shape index (κ2) is 9.85. The van der Waals surface area contributed by atoms with Gasteiger partial charge in [0.1, 0.15) is 11.7 Å². The van der Waals surface area contributed by atoms with Crippen LogP contribution in [0.1, 0.15) is 23.1 Å². The van der Waals surface area contributed by atoms with E-state index in [1.807, 2.05) is 32.0 Å². The predicted molar refractivity (Wildman–Crippen MR) is 108 cm³/mol. The number of hydrogen-bond acceptors (Lipinski definition) is 3. The number of ether oxygens (including phenoxy) is 1. The molecule has 2 aromatic rings. The molecule has 1 amide bonds. The lowest BCUT2D eigenvalue weighted by Crippen LogP contribution is -2.30. The van der Waals surface area contributed by atoms with Crippen molar-refractivity contribution in [2.24, 2.45) is 5.92 Å². The predicted octanol–water partition coefficient (Wildman–Crippen LogP) is 5.49. The Labute approximate surface area is 174 Å². The first kappa shape index (κ1) is 21.4. The van der Waals surface area contributed by atoms with Crippen LogP contribution in [0.2, 0.25) is 15.1 Å². The van der Waals surface area contributed by atoms with Crippen LogP contribution < -0.4 is 10.1 Å². The van der Waals surface area contributed by atoms with Crippen LogP contribution in [-0.4, -0.2) is 12.5 Å². The minimum absolute atomic E-state index is 0.201. The highest BCUT2D eigenvalue weighted by molar-refractivity contribution is 6.42. The van der Waals surface area contributed by atoms with Crippen LogP contribution in [0.4, 0.5) is 0 Å². The van der Waals surface area contributed by atoms with Crippen LogP contribution in [0.25, 0.3) is 0 Å². The second-order valence-corrected chi connectivity index (χ2v) is 7.28. The highest BCUT2D eigenvalue weighted by Gasteiger charge is 2.18. The molecule has 0 radical (unpaired) electrons. The van der Waals surface area contributed by atoms with Gasteiger partial charge in [-0.2, -0.15) is 5.26 Å². The molecule has 0 saturated carbocycles. The number of benzene rings is 2. The van der Waals surface area contributed by atoms with E-state index in [0.29, 0.717) is 26.4 Å². The molecule has 0 spiro atoms. The lowest BCUT2D eigenvalue weighted by atomic mass is 10.1. The van der Waals surface area contributed by atoms with Crippen molar-refractivity contribution in [3.8, 4) is 11.8 Å². The maximum absolute atomic E-state index is 12.3. The molecule has 142 valence electrons. The van der Waals surface area contributed by atoms with E-state index in [1.54, 1.807) is 18.2 Å². The van der Waals surface area contributed by atoms with E-state index in [0.717, 1.165) is 11.1 Å². The van der Waals surface area contributed by atoms with Gasteiger partial charge in [-0.25, -0.2) is 0 Å². The van der Waals surface area contributed by atoms with E-state index in [-0.39, 0.29) is 25.5 Å². The molecule has 1 N–H and O–H groups in total. The van der Waals surface area contributed by atoms with Crippen molar-refractivity contribution in [2.45, 2.75) is 26.8 Å². The molecule has 2 aromatic carbocycles. The van der Waals surface area contributed by atoms with Crippen LogP contribution in [0.3, 0.4) is 0 Å². The summed E-state index contributed by atoms with van der Waals surface area (Å²) >= 11 is 18.2. The minimum Gasteiger partial charge on any atom is -0.494 e. The summed E-state index contributed by atoms with van der Waals surface area (Å²) in [5, 5.41) is 13.5. The summed E-state index contributed by atoms with van der Waals surface area (Å²) < 4.78 is 5.67.